The normalized spacial score (nSPS) is 11.7. The van der Waals surface area contributed by atoms with Gasteiger partial charge >= 0.3 is 11.9 Å². The van der Waals surface area contributed by atoms with Gasteiger partial charge in [-0.15, -0.1) is 0 Å². The molecule has 1 rings (SSSR count). The van der Waals surface area contributed by atoms with Crippen LogP contribution in [0, 0.1) is 10.8 Å². The summed E-state index contributed by atoms with van der Waals surface area (Å²) < 4.78 is 10.5. The Kier molecular flexibility index (Phi) is 5.12. The van der Waals surface area contributed by atoms with E-state index in [-0.39, 0.29) is 17.1 Å². The quantitative estimate of drug-likeness (QED) is 0.486. The predicted molar refractivity (Wildman–Crippen MR) is 82.0 cm³/mol. The first-order valence-electron chi connectivity index (χ1n) is 6.99. The highest BCUT2D eigenvalue weighted by atomic mass is 16.5. The number of ether oxygens (including phenoxy) is 2. The van der Waals surface area contributed by atoms with Gasteiger partial charge in [-0.3, -0.25) is 14.4 Å². The van der Waals surface area contributed by atoms with E-state index in [0.717, 1.165) is 0 Å². The molecule has 120 valence electrons. The van der Waals surface area contributed by atoms with Crippen LogP contribution in [0.5, 0.6) is 11.5 Å². The second-order valence-electron chi connectivity index (χ2n) is 7.10. The zero-order chi connectivity index (χ0) is 17.1. The van der Waals surface area contributed by atoms with E-state index in [4.69, 9.17) is 9.47 Å². The molecule has 0 aromatic heterocycles. The van der Waals surface area contributed by atoms with Gasteiger partial charge in [0.15, 0.2) is 6.29 Å². The first-order chi connectivity index (χ1) is 9.95. The number of esters is 2. The van der Waals surface area contributed by atoms with Gasteiger partial charge < -0.3 is 9.47 Å². The Bertz CT molecular complexity index is 588. The molecular formula is C17H22O5. The molecule has 0 N–H and O–H groups in total. The third-order valence-electron chi connectivity index (χ3n) is 2.75. The Morgan fingerprint density at radius 2 is 1.41 bits per heavy atom. The maximum absolute atomic E-state index is 11.9. The van der Waals surface area contributed by atoms with Gasteiger partial charge in [0.1, 0.15) is 11.5 Å². The number of hydrogen-bond acceptors (Lipinski definition) is 5. The summed E-state index contributed by atoms with van der Waals surface area (Å²) >= 11 is 0. The molecule has 0 spiro atoms. The predicted octanol–water partition coefficient (Wildman–Crippen LogP) is 3.40. The van der Waals surface area contributed by atoms with E-state index in [1.165, 1.54) is 18.2 Å². The Morgan fingerprint density at radius 3 is 1.86 bits per heavy atom. The van der Waals surface area contributed by atoms with E-state index < -0.39 is 22.8 Å². The molecule has 1 aromatic carbocycles. The molecular weight excluding hydrogens is 284 g/mol. The number of carbonyl (C=O) groups is 3. The van der Waals surface area contributed by atoms with Crippen molar-refractivity contribution in [1.82, 2.24) is 0 Å². The van der Waals surface area contributed by atoms with Gasteiger partial charge in [0.05, 0.1) is 16.4 Å². The molecule has 0 aliphatic heterocycles. The maximum Gasteiger partial charge on any atom is 0.316 e. The SMILES string of the molecule is CC(C)(C)C(=O)Oc1ccc(C=O)c(OC(=O)C(C)(C)C)c1. The molecule has 0 aliphatic rings. The fourth-order valence-corrected chi connectivity index (χ4v) is 1.28. The molecule has 5 heteroatoms. The van der Waals surface area contributed by atoms with Crippen LogP contribution in [-0.2, 0) is 9.59 Å². The fourth-order valence-electron chi connectivity index (χ4n) is 1.28. The highest BCUT2D eigenvalue weighted by molar-refractivity contribution is 5.85. The van der Waals surface area contributed by atoms with E-state index in [2.05, 4.69) is 0 Å². The van der Waals surface area contributed by atoms with Gasteiger partial charge in [-0.05, 0) is 53.7 Å². The number of benzene rings is 1. The second-order valence-corrected chi connectivity index (χ2v) is 7.10. The van der Waals surface area contributed by atoms with E-state index in [1.54, 1.807) is 41.5 Å². The molecule has 0 atom stereocenters. The Balaban J connectivity index is 3.07. The van der Waals surface area contributed by atoms with Crippen LogP contribution in [0.1, 0.15) is 51.9 Å². The molecule has 0 saturated carbocycles. The molecule has 0 unspecified atom stereocenters. The fraction of sp³-hybridized carbons (Fsp3) is 0.471. The van der Waals surface area contributed by atoms with Crippen molar-refractivity contribution in [1.29, 1.82) is 0 Å². The average molecular weight is 306 g/mol. The first kappa shape index (κ1) is 17.9. The summed E-state index contributed by atoms with van der Waals surface area (Å²) in [6, 6.07) is 4.31. The molecule has 0 heterocycles. The van der Waals surface area contributed by atoms with Gasteiger partial charge in [0.2, 0.25) is 0 Å². The zero-order valence-corrected chi connectivity index (χ0v) is 13.9. The van der Waals surface area contributed by atoms with Crippen molar-refractivity contribution < 1.29 is 23.9 Å². The highest BCUT2D eigenvalue weighted by Gasteiger charge is 2.26. The van der Waals surface area contributed by atoms with Crippen LogP contribution < -0.4 is 9.47 Å². The molecule has 5 nitrogen and oxygen atoms in total. The number of carbonyl (C=O) groups excluding carboxylic acids is 3. The van der Waals surface area contributed by atoms with E-state index in [9.17, 15) is 14.4 Å². The van der Waals surface area contributed by atoms with Gasteiger partial charge in [0.25, 0.3) is 0 Å². The molecule has 1 aromatic rings. The van der Waals surface area contributed by atoms with Crippen molar-refractivity contribution in [3.63, 3.8) is 0 Å². The topological polar surface area (TPSA) is 69.7 Å². The minimum atomic E-state index is -0.710. The number of rotatable bonds is 3. The van der Waals surface area contributed by atoms with E-state index >= 15 is 0 Å². The molecule has 0 fully saturated rings. The lowest BCUT2D eigenvalue weighted by molar-refractivity contribution is -0.143. The molecule has 0 bridgehead atoms. The minimum absolute atomic E-state index is 0.0779. The van der Waals surface area contributed by atoms with Crippen LogP contribution in [0.4, 0.5) is 0 Å². The zero-order valence-electron chi connectivity index (χ0n) is 13.9. The van der Waals surface area contributed by atoms with Crippen molar-refractivity contribution in [2.45, 2.75) is 41.5 Å². The largest absolute Gasteiger partial charge is 0.426 e. The number of hydrogen-bond donors (Lipinski definition) is 0. The summed E-state index contributed by atoms with van der Waals surface area (Å²) in [5.74, 6) is -0.592. The molecule has 22 heavy (non-hydrogen) atoms. The van der Waals surface area contributed by atoms with Crippen molar-refractivity contribution in [2.75, 3.05) is 0 Å². The van der Waals surface area contributed by atoms with Crippen molar-refractivity contribution in [3.05, 3.63) is 23.8 Å². The average Bonchev–Trinajstić information content (AvgIpc) is 2.36. The number of aldehydes is 1. The lowest BCUT2D eigenvalue weighted by Crippen LogP contribution is -2.26. The van der Waals surface area contributed by atoms with Gasteiger partial charge in [-0.1, -0.05) is 0 Å². The molecule has 0 amide bonds. The van der Waals surface area contributed by atoms with Crippen molar-refractivity contribution in [3.8, 4) is 11.5 Å². The summed E-state index contributed by atoms with van der Waals surface area (Å²) in [6.45, 7) is 10.3. The van der Waals surface area contributed by atoms with Crippen molar-refractivity contribution >= 4 is 18.2 Å². The third kappa shape index (κ3) is 4.69. The van der Waals surface area contributed by atoms with Crippen LogP contribution in [0.15, 0.2) is 18.2 Å². The second kappa shape index (κ2) is 6.30. The molecule has 0 radical (unpaired) electrons. The van der Waals surface area contributed by atoms with E-state index in [0.29, 0.717) is 6.29 Å². The summed E-state index contributed by atoms with van der Waals surface area (Å²) in [6.07, 6.45) is 0.584. The Labute approximate surface area is 130 Å². The molecule has 0 aliphatic carbocycles. The summed E-state index contributed by atoms with van der Waals surface area (Å²) in [5, 5.41) is 0. The summed E-state index contributed by atoms with van der Waals surface area (Å²) in [5.41, 5.74) is -1.16. The van der Waals surface area contributed by atoms with Gasteiger partial charge in [-0.25, -0.2) is 0 Å². The minimum Gasteiger partial charge on any atom is -0.426 e. The lowest BCUT2D eigenvalue weighted by atomic mass is 9.97. The highest BCUT2D eigenvalue weighted by Crippen LogP contribution is 2.28. The van der Waals surface area contributed by atoms with Crippen LogP contribution in [0.3, 0.4) is 0 Å². The Hall–Kier alpha value is -2.17. The van der Waals surface area contributed by atoms with Crippen LogP contribution in [0.25, 0.3) is 0 Å². The standard InChI is InChI=1S/C17H22O5/c1-16(2,3)14(19)21-12-8-7-11(10-18)13(9-12)22-15(20)17(4,5)6/h7-10H,1-6H3. The van der Waals surface area contributed by atoms with Crippen LogP contribution >= 0.6 is 0 Å². The maximum atomic E-state index is 11.9. The Morgan fingerprint density at radius 1 is 0.909 bits per heavy atom. The summed E-state index contributed by atoms with van der Waals surface area (Å²) in [4.78, 5) is 34.9. The van der Waals surface area contributed by atoms with Gasteiger partial charge in [-0.2, -0.15) is 0 Å². The lowest BCUT2D eigenvalue weighted by Gasteiger charge is -2.19. The summed E-state index contributed by atoms with van der Waals surface area (Å²) in [7, 11) is 0. The first-order valence-corrected chi connectivity index (χ1v) is 6.99. The van der Waals surface area contributed by atoms with Crippen LogP contribution in [-0.4, -0.2) is 18.2 Å². The monoisotopic (exact) mass is 306 g/mol. The van der Waals surface area contributed by atoms with Crippen LogP contribution in [0.2, 0.25) is 0 Å². The smallest absolute Gasteiger partial charge is 0.316 e. The molecule has 0 saturated heterocycles. The van der Waals surface area contributed by atoms with Gasteiger partial charge in [0, 0.05) is 6.07 Å². The van der Waals surface area contributed by atoms with Crippen molar-refractivity contribution in [2.24, 2.45) is 10.8 Å². The van der Waals surface area contributed by atoms with E-state index in [1.807, 2.05) is 0 Å². The third-order valence-corrected chi connectivity index (χ3v) is 2.75.